The third kappa shape index (κ3) is 5.17. The summed E-state index contributed by atoms with van der Waals surface area (Å²) in [5.74, 6) is -7.42. The largest absolute Gasteiger partial charge is 0.507 e. The van der Waals surface area contributed by atoms with Crippen molar-refractivity contribution in [3.8, 4) is 5.75 Å². The molecule has 0 bridgehead atoms. The van der Waals surface area contributed by atoms with Gasteiger partial charge in [0.05, 0.1) is 10.6 Å². The van der Waals surface area contributed by atoms with Gasteiger partial charge < -0.3 is 5.11 Å². The molecule has 0 radical (unpaired) electrons. The molecule has 1 unspecified atom stereocenters. The summed E-state index contributed by atoms with van der Waals surface area (Å²) in [6.45, 7) is 6.06. The van der Waals surface area contributed by atoms with E-state index in [0.29, 0.717) is 5.56 Å². The minimum Gasteiger partial charge on any atom is -0.507 e. The van der Waals surface area contributed by atoms with Gasteiger partial charge >= 0.3 is 6.18 Å². The number of carbonyl (C=O) groups is 2. The normalized spacial score (nSPS) is 13.1. The highest BCUT2D eigenvalue weighted by Gasteiger charge is 2.48. The second-order valence-electron chi connectivity index (χ2n) is 8.63. The second-order valence-corrected chi connectivity index (χ2v) is 10.3. The Hall–Kier alpha value is -3.40. The first-order valence-corrected chi connectivity index (χ1v) is 12.1. The monoisotopic (exact) mass is 507 g/mol. The fraction of sp³-hybridized carbons (Fsp3) is 0.280. The van der Waals surface area contributed by atoms with Crippen LogP contribution in [0.4, 0.5) is 18.9 Å². The van der Waals surface area contributed by atoms with Crippen molar-refractivity contribution < 1.29 is 36.3 Å². The number of alkyl halides is 3. The number of sulfonamides is 1. The number of carbonyl (C=O) groups excluding carboxylic acids is 2. The Morgan fingerprint density at radius 1 is 0.971 bits per heavy atom. The van der Waals surface area contributed by atoms with Gasteiger partial charge in [-0.25, -0.2) is 8.42 Å². The van der Waals surface area contributed by atoms with Crippen LogP contribution in [0.1, 0.15) is 36.5 Å². The Kier molecular flexibility index (Phi) is 6.99. The predicted molar refractivity (Wildman–Crippen MR) is 126 cm³/mol. The molecule has 3 aromatic carbocycles. The third-order valence-corrected chi connectivity index (χ3v) is 7.14. The lowest BCUT2D eigenvalue weighted by molar-refractivity contribution is -0.174. The lowest BCUT2D eigenvalue weighted by Gasteiger charge is -2.22. The van der Waals surface area contributed by atoms with Gasteiger partial charge in [-0.2, -0.15) is 13.2 Å². The zero-order valence-electron chi connectivity index (χ0n) is 19.4. The average molecular weight is 508 g/mol. The van der Waals surface area contributed by atoms with Gasteiger partial charge in [0.1, 0.15) is 11.7 Å². The molecule has 0 aliphatic rings. The zero-order valence-corrected chi connectivity index (χ0v) is 20.2. The Morgan fingerprint density at radius 2 is 1.57 bits per heavy atom. The lowest BCUT2D eigenvalue weighted by atomic mass is 9.83. The maximum absolute atomic E-state index is 13.4. The van der Waals surface area contributed by atoms with Crippen molar-refractivity contribution in [1.82, 2.24) is 0 Å². The SMILES string of the molecule is Cc1ccc(S(=O)(=O)Nc2cc(C(C(=O)C(C)C)C(=O)C(F)(F)F)c(O)c3ccccc23)c(C)c1. The maximum atomic E-state index is 13.4. The smallest absolute Gasteiger partial charge is 0.451 e. The number of rotatable bonds is 7. The first-order valence-electron chi connectivity index (χ1n) is 10.6. The molecule has 6 nitrogen and oxygen atoms in total. The van der Waals surface area contributed by atoms with E-state index in [1.807, 2.05) is 0 Å². The molecule has 2 N–H and O–H groups in total. The van der Waals surface area contributed by atoms with Crippen molar-refractivity contribution >= 4 is 38.0 Å². The number of benzene rings is 3. The van der Waals surface area contributed by atoms with Crippen LogP contribution in [0.5, 0.6) is 5.75 Å². The second kappa shape index (κ2) is 9.33. The summed E-state index contributed by atoms with van der Waals surface area (Å²) < 4.78 is 69.0. The van der Waals surface area contributed by atoms with Crippen LogP contribution < -0.4 is 4.72 Å². The van der Waals surface area contributed by atoms with E-state index >= 15 is 0 Å². The molecule has 0 heterocycles. The van der Waals surface area contributed by atoms with Gasteiger partial charge in [0.15, 0.2) is 5.78 Å². The van der Waals surface area contributed by atoms with E-state index in [1.54, 1.807) is 32.0 Å². The summed E-state index contributed by atoms with van der Waals surface area (Å²) in [5, 5.41) is 11.0. The van der Waals surface area contributed by atoms with Crippen LogP contribution in [0.15, 0.2) is 53.4 Å². The summed E-state index contributed by atoms with van der Waals surface area (Å²) in [5.41, 5.74) is 0.480. The van der Waals surface area contributed by atoms with Crippen LogP contribution in [0.3, 0.4) is 0 Å². The molecule has 0 saturated heterocycles. The molecule has 0 aliphatic carbocycles. The van der Waals surface area contributed by atoms with Crippen LogP contribution in [0.25, 0.3) is 10.8 Å². The number of fused-ring (bicyclic) bond motifs is 1. The minimum absolute atomic E-state index is 0.0140. The summed E-state index contributed by atoms with van der Waals surface area (Å²) in [7, 11) is -4.22. The van der Waals surface area contributed by atoms with Crippen LogP contribution >= 0.6 is 0 Å². The maximum Gasteiger partial charge on any atom is 0.451 e. The Labute approximate surface area is 200 Å². The van der Waals surface area contributed by atoms with E-state index < -0.39 is 50.9 Å². The van der Waals surface area contributed by atoms with Crippen LogP contribution in [0.2, 0.25) is 0 Å². The summed E-state index contributed by atoms with van der Waals surface area (Å²) in [4.78, 5) is 25.0. The Balaban J connectivity index is 2.28. The predicted octanol–water partition coefficient (Wildman–Crippen LogP) is 5.40. The molecule has 0 amide bonds. The van der Waals surface area contributed by atoms with E-state index in [4.69, 9.17) is 0 Å². The number of nitrogens with one attached hydrogen (secondary N) is 1. The van der Waals surface area contributed by atoms with Crippen LogP contribution in [-0.4, -0.2) is 31.3 Å². The number of Topliss-reactive ketones (excluding diaryl/α,β-unsaturated/α-hetero) is 2. The van der Waals surface area contributed by atoms with Crippen molar-refractivity contribution in [3.05, 3.63) is 65.2 Å². The average Bonchev–Trinajstić information content (AvgIpc) is 2.75. The fourth-order valence-electron chi connectivity index (χ4n) is 3.91. The number of ketones is 2. The molecule has 10 heteroatoms. The van der Waals surface area contributed by atoms with Gasteiger partial charge in [0.2, 0.25) is 0 Å². The number of halogens is 3. The molecular weight excluding hydrogens is 483 g/mol. The summed E-state index contributed by atoms with van der Waals surface area (Å²) in [6, 6.07) is 11.4. The highest BCUT2D eigenvalue weighted by Crippen LogP contribution is 2.42. The first kappa shape index (κ1) is 26.2. The highest BCUT2D eigenvalue weighted by atomic mass is 32.2. The number of aryl methyl sites for hydroxylation is 2. The standard InChI is InChI=1S/C25H24F3NO5S/c1-13(2)22(30)21(24(32)25(26,27)28)18-12-19(16-7-5-6-8-17(16)23(18)31)29-35(33,34)20-10-9-14(3)11-15(20)4/h5-13,21,29,31H,1-4H3. The number of anilines is 1. The molecule has 0 spiro atoms. The topological polar surface area (TPSA) is 101 Å². The number of phenols is 1. The van der Waals surface area contributed by atoms with Crippen LogP contribution in [0, 0.1) is 19.8 Å². The van der Waals surface area contributed by atoms with Crippen molar-refractivity contribution in [2.75, 3.05) is 4.72 Å². The van der Waals surface area contributed by atoms with Gasteiger partial charge in [-0.15, -0.1) is 0 Å². The quantitative estimate of drug-likeness (QED) is 0.329. The van der Waals surface area contributed by atoms with E-state index in [-0.39, 0.29) is 21.4 Å². The van der Waals surface area contributed by atoms with Gasteiger partial charge in [-0.1, -0.05) is 55.8 Å². The number of aromatic hydroxyl groups is 1. The molecule has 0 saturated carbocycles. The van der Waals surface area contributed by atoms with Gasteiger partial charge in [0.25, 0.3) is 15.8 Å². The van der Waals surface area contributed by atoms with Crippen molar-refractivity contribution in [3.63, 3.8) is 0 Å². The molecule has 186 valence electrons. The molecule has 3 aromatic rings. The zero-order chi connectivity index (χ0) is 26.3. The number of phenolic OH excluding ortho intramolecular Hbond substituents is 1. The van der Waals surface area contributed by atoms with Crippen molar-refractivity contribution in [2.45, 2.75) is 44.7 Å². The Bertz CT molecular complexity index is 1430. The highest BCUT2D eigenvalue weighted by molar-refractivity contribution is 7.92. The van der Waals surface area contributed by atoms with Gasteiger partial charge in [-0.05, 0) is 31.5 Å². The summed E-state index contributed by atoms with van der Waals surface area (Å²) >= 11 is 0. The molecule has 0 aromatic heterocycles. The third-order valence-electron chi connectivity index (χ3n) is 5.62. The molecule has 1 atom stereocenters. The molecule has 0 fully saturated rings. The molecule has 0 aliphatic heterocycles. The van der Waals surface area contributed by atoms with E-state index in [0.717, 1.165) is 11.6 Å². The van der Waals surface area contributed by atoms with E-state index in [2.05, 4.69) is 4.72 Å². The number of hydrogen-bond acceptors (Lipinski definition) is 5. The van der Waals surface area contributed by atoms with Crippen molar-refractivity contribution in [1.29, 1.82) is 0 Å². The summed E-state index contributed by atoms with van der Waals surface area (Å²) in [6.07, 6.45) is -5.36. The first-order chi connectivity index (χ1) is 16.1. The minimum atomic E-state index is -5.36. The van der Waals surface area contributed by atoms with E-state index in [1.165, 1.54) is 38.1 Å². The fourth-order valence-corrected chi connectivity index (χ4v) is 5.21. The van der Waals surface area contributed by atoms with Gasteiger partial charge in [0, 0.05) is 22.3 Å². The molecule has 35 heavy (non-hydrogen) atoms. The Morgan fingerprint density at radius 3 is 2.11 bits per heavy atom. The lowest BCUT2D eigenvalue weighted by Crippen LogP contribution is -2.35. The van der Waals surface area contributed by atoms with Gasteiger partial charge in [-0.3, -0.25) is 14.3 Å². The van der Waals surface area contributed by atoms with E-state index in [9.17, 15) is 36.3 Å². The van der Waals surface area contributed by atoms with Crippen LogP contribution in [-0.2, 0) is 19.6 Å². The molecular formula is C25H24F3NO5S. The number of hydrogen-bond donors (Lipinski definition) is 2. The molecule has 3 rings (SSSR count). The van der Waals surface area contributed by atoms with Crippen molar-refractivity contribution in [2.24, 2.45) is 5.92 Å².